The highest BCUT2D eigenvalue weighted by Crippen LogP contribution is 2.25. The van der Waals surface area contributed by atoms with Gasteiger partial charge in [-0.15, -0.1) is 0 Å². The Labute approximate surface area is 203 Å². The fourth-order valence-electron chi connectivity index (χ4n) is 3.09. The van der Waals surface area contributed by atoms with E-state index >= 15 is 0 Å². The van der Waals surface area contributed by atoms with Gasteiger partial charge in [0.05, 0.1) is 11.1 Å². The summed E-state index contributed by atoms with van der Waals surface area (Å²) in [5.41, 5.74) is 0. The lowest BCUT2D eigenvalue weighted by Crippen LogP contribution is -2.50. The summed E-state index contributed by atoms with van der Waals surface area (Å²) in [5.74, 6) is -3.81. The van der Waals surface area contributed by atoms with Crippen LogP contribution in [0.4, 0.5) is 14.8 Å². The number of hydrogen-bond acceptors (Lipinski definition) is 8. The Hall–Kier alpha value is -2.80. The molecular formula is C21H27BrF2N4O6. The Morgan fingerprint density at radius 2 is 1.68 bits per heavy atom. The molecule has 2 aromatic rings. The minimum atomic E-state index is -1.82. The second-order valence-electron chi connectivity index (χ2n) is 7.91. The molecule has 34 heavy (non-hydrogen) atoms. The van der Waals surface area contributed by atoms with Gasteiger partial charge in [0.1, 0.15) is 17.4 Å². The van der Waals surface area contributed by atoms with Crippen LogP contribution in [0.1, 0.15) is 38.9 Å². The van der Waals surface area contributed by atoms with E-state index in [0.717, 1.165) is 38.4 Å². The Kier molecular flexibility index (Phi) is 10.2. The van der Waals surface area contributed by atoms with Gasteiger partial charge in [0.25, 0.3) is 0 Å². The summed E-state index contributed by atoms with van der Waals surface area (Å²) in [4.78, 5) is 27.1. The summed E-state index contributed by atoms with van der Waals surface area (Å²) in [7, 11) is 0. The van der Waals surface area contributed by atoms with Crippen LogP contribution in [0.5, 0.6) is 5.75 Å². The molecule has 0 aliphatic carbocycles. The van der Waals surface area contributed by atoms with Gasteiger partial charge in [0.2, 0.25) is 0 Å². The Morgan fingerprint density at radius 1 is 1.12 bits per heavy atom. The van der Waals surface area contributed by atoms with Crippen LogP contribution in [0.3, 0.4) is 0 Å². The van der Waals surface area contributed by atoms with Crippen molar-refractivity contribution in [1.29, 1.82) is 0 Å². The summed E-state index contributed by atoms with van der Waals surface area (Å²) in [6, 6.07) is 3.25. The molecule has 0 radical (unpaired) electrons. The van der Waals surface area contributed by atoms with E-state index in [9.17, 15) is 8.78 Å². The van der Waals surface area contributed by atoms with Gasteiger partial charge >= 0.3 is 18.0 Å². The lowest BCUT2D eigenvalue weighted by Gasteiger charge is -2.37. The average Bonchev–Trinajstić information content (AvgIpc) is 3.28. The first-order valence-electron chi connectivity index (χ1n) is 10.6. The molecule has 188 valence electrons. The summed E-state index contributed by atoms with van der Waals surface area (Å²) in [5, 5.41) is 18.8. The van der Waals surface area contributed by atoms with Gasteiger partial charge in [-0.3, -0.25) is 4.90 Å². The zero-order chi connectivity index (χ0) is 25.4. The lowest BCUT2D eigenvalue weighted by molar-refractivity contribution is -0.159. The van der Waals surface area contributed by atoms with E-state index in [1.807, 2.05) is 13.8 Å². The Bertz CT molecular complexity index is 947. The summed E-state index contributed by atoms with van der Waals surface area (Å²) >= 11 is 2.86. The maximum atomic E-state index is 13.5. The SMILES string of the molecule is CC(C)c1noc(N2CCN(C(C)CCOc3cc(F)c(Br)c(F)c3)CC2)n1.O=C(O)C(=O)O. The van der Waals surface area contributed by atoms with E-state index in [0.29, 0.717) is 18.7 Å². The molecule has 0 spiro atoms. The normalized spacial score (nSPS) is 15.0. The molecule has 0 saturated carbocycles. The zero-order valence-electron chi connectivity index (χ0n) is 19.0. The maximum absolute atomic E-state index is 13.5. The molecule has 1 aromatic carbocycles. The van der Waals surface area contributed by atoms with E-state index in [1.165, 1.54) is 12.1 Å². The topological polar surface area (TPSA) is 129 Å². The molecule has 3 rings (SSSR count). The minimum absolute atomic E-state index is 0.173. The third kappa shape index (κ3) is 7.90. The number of piperazine rings is 1. The summed E-state index contributed by atoms with van der Waals surface area (Å²) in [6.45, 7) is 9.97. The number of aliphatic carboxylic acids is 2. The highest BCUT2D eigenvalue weighted by atomic mass is 79.9. The van der Waals surface area contributed by atoms with Gasteiger partial charge in [-0.2, -0.15) is 4.98 Å². The van der Waals surface area contributed by atoms with E-state index in [2.05, 4.69) is 42.8 Å². The van der Waals surface area contributed by atoms with Crippen LogP contribution < -0.4 is 9.64 Å². The molecule has 1 aliphatic heterocycles. The van der Waals surface area contributed by atoms with Crippen molar-refractivity contribution in [1.82, 2.24) is 15.0 Å². The number of nitrogens with zero attached hydrogens (tertiary/aromatic N) is 4. The fraction of sp³-hybridized carbons (Fsp3) is 0.524. The smallest absolute Gasteiger partial charge is 0.414 e. The number of rotatable bonds is 7. The number of carbonyl (C=O) groups is 2. The molecule has 2 heterocycles. The molecule has 0 amide bonds. The van der Waals surface area contributed by atoms with Gasteiger partial charge in [-0.25, -0.2) is 18.4 Å². The first kappa shape index (κ1) is 27.4. The largest absolute Gasteiger partial charge is 0.493 e. The number of ether oxygens (including phenoxy) is 1. The monoisotopic (exact) mass is 548 g/mol. The van der Waals surface area contributed by atoms with Crippen LogP contribution in [0.25, 0.3) is 0 Å². The molecule has 1 saturated heterocycles. The van der Waals surface area contributed by atoms with Crippen LogP contribution in [0, 0.1) is 11.6 Å². The number of anilines is 1. The molecule has 1 aliphatic rings. The molecule has 1 atom stereocenters. The predicted octanol–water partition coefficient (Wildman–Crippen LogP) is 3.37. The second kappa shape index (κ2) is 12.6. The number of aromatic nitrogens is 2. The minimum Gasteiger partial charge on any atom is -0.493 e. The number of hydrogen-bond donors (Lipinski definition) is 2. The van der Waals surface area contributed by atoms with Gasteiger partial charge < -0.3 is 24.4 Å². The van der Waals surface area contributed by atoms with Crippen LogP contribution in [-0.4, -0.2) is 76.0 Å². The van der Waals surface area contributed by atoms with Crippen molar-refractivity contribution in [2.45, 2.75) is 39.2 Å². The van der Waals surface area contributed by atoms with Crippen LogP contribution in [-0.2, 0) is 9.59 Å². The average molecular weight is 549 g/mol. The molecule has 13 heteroatoms. The fourth-order valence-corrected chi connectivity index (χ4v) is 3.32. The molecule has 1 fully saturated rings. The summed E-state index contributed by atoms with van der Waals surface area (Å²) in [6.07, 6.45) is 0.761. The molecule has 1 unspecified atom stereocenters. The third-order valence-electron chi connectivity index (χ3n) is 5.10. The Balaban J connectivity index is 0.000000604. The van der Waals surface area contributed by atoms with Gasteiger partial charge in [-0.1, -0.05) is 19.0 Å². The van der Waals surface area contributed by atoms with Crippen LogP contribution >= 0.6 is 15.9 Å². The van der Waals surface area contributed by atoms with Crippen molar-refractivity contribution in [3.8, 4) is 5.75 Å². The lowest BCUT2D eigenvalue weighted by atomic mass is 10.2. The first-order valence-corrected chi connectivity index (χ1v) is 11.3. The molecule has 2 N–H and O–H groups in total. The predicted molar refractivity (Wildman–Crippen MR) is 121 cm³/mol. The standard InChI is InChI=1S/C19H25BrF2N4O2.C2H2O4/c1-12(2)18-23-19(28-24-18)26-7-5-25(6-8-26)13(3)4-9-27-14-10-15(21)17(20)16(22)11-14;3-1(4)2(5)6/h10-13H,4-9H2,1-3H3;(H,3,4)(H,5,6). The third-order valence-corrected chi connectivity index (χ3v) is 5.86. The van der Waals surface area contributed by atoms with Crippen molar-refractivity contribution in [3.05, 3.63) is 34.1 Å². The van der Waals surface area contributed by atoms with Crippen molar-refractivity contribution >= 4 is 33.9 Å². The van der Waals surface area contributed by atoms with Crippen LogP contribution in [0.2, 0.25) is 0 Å². The van der Waals surface area contributed by atoms with Crippen molar-refractivity contribution in [3.63, 3.8) is 0 Å². The second-order valence-corrected chi connectivity index (χ2v) is 8.70. The van der Waals surface area contributed by atoms with E-state index in [4.69, 9.17) is 29.1 Å². The number of carboxylic acids is 2. The highest BCUT2D eigenvalue weighted by molar-refractivity contribution is 9.10. The van der Waals surface area contributed by atoms with E-state index in [-0.39, 0.29) is 16.1 Å². The number of benzene rings is 1. The van der Waals surface area contributed by atoms with Crippen LogP contribution in [0.15, 0.2) is 21.1 Å². The quantitative estimate of drug-likeness (QED) is 0.392. The number of carboxylic acid groups (broad SMARTS) is 2. The summed E-state index contributed by atoms with van der Waals surface area (Å²) < 4.78 is 37.8. The van der Waals surface area contributed by atoms with Gasteiger partial charge in [-0.05, 0) is 29.3 Å². The zero-order valence-corrected chi connectivity index (χ0v) is 20.6. The molecular weight excluding hydrogens is 522 g/mol. The van der Waals surface area contributed by atoms with E-state index < -0.39 is 23.6 Å². The highest BCUT2D eigenvalue weighted by Gasteiger charge is 2.24. The Morgan fingerprint density at radius 3 is 2.15 bits per heavy atom. The molecule has 1 aromatic heterocycles. The van der Waals surface area contributed by atoms with Crippen molar-refractivity contribution in [2.75, 3.05) is 37.7 Å². The van der Waals surface area contributed by atoms with Gasteiger partial charge in [0, 0.05) is 50.3 Å². The molecule has 10 nitrogen and oxygen atoms in total. The van der Waals surface area contributed by atoms with Crippen molar-refractivity contribution in [2.24, 2.45) is 0 Å². The maximum Gasteiger partial charge on any atom is 0.414 e. The first-order chi connectivity index (χ1) is 16.0. The van der Waals surface area contributed by atoms with Gasteiger partial charge in [0.15, 0.2) is 5.82 Å². The van der Waals surface area contributed by atoms with Crippen molar-refractivity contribution < 1.29 is 37.8 Å². The van der Waals surface area contributed by atoms with E-state index in [1.54, 1.807) is 0 Å². The molecule has 0 bridgehead atoms. The number of halogens is 3.